The second kappa shape index (κ2) is 7.93. The number of aromatic nitrogens is 3. The first-order valence-electron chi connectivity index (χ1n) is 8.93. The fraction of sp³-hybridized carbons (Fsp3) is 0.0909. The average Bonchev–Trinajstić information content (AvgIpc) is 3.29. The Balaban J connectivity index is 1.77. The van der Waals surface area contributed by atoms with Crippen LogP contribution in [0, 0.1) is 6.92 Å². The molecule has 0 radical (unpaired) electrons. The van der Waals surface area contributed by atoms with Crippen LogP contribution in [0.2, 0.25) is 0 Å². The van der Waals surface area contributed by atoms with Crippen LogP contribution in [-0.4, -0.2) is 28.0 Å². The molecule has 0 atom stereocenters. The molecular formula is C22H18N4O3. The molecule has 0 aliphatic rings. The van der Waals surface area contributed by atoms with Gasteiger partial charge in [-0.05, 0) is 31.2 Å². The summed E-state index contributed by atoms with van der Waals surface area (Å²) in [6.07, 6.45) is 4.63. The van der Waals surface area contributed by atoms with Gasteiger partial charge in [0.15, 0.2) is 11.6 Å². The smallest absolute Gasteiger partial charge is 0.292 e. The summed E-state index contributed by atoms with van der Waals surface area (Å²) in [5.74, 6) is 0.614. The van der Waals surface area contributed by atoms with Crippen LogP contribution in [0.15, 0.2) is 71.6 Å². The maximum atomic E-state index is 12.3. The zero-order valence-electron chi connectivity index (χ0n) is 15.9. The van der Waals surface area contributed by atoms with Crippen LogP contribution in [0.25, 0.3) is 22.5 Å². The number of aryl methyl sites for hydroxylation is 1. The summed E-state index contributed by atoms with van der Waals surface area (Å²) in [5.41, 5.74) is 4.08. The summed E-state index contributed by atoms with van der Waals surface area (Å²) >= 11 is 0. The number of amides is 1. The number of ether oxygens (including phenoxy) is 1. The molecular weight excluding hydrogens is 368 g/mol. The molecule has 7 nitrogen and oxygen atoms in total. The lowest BCUT2D eigenvalue weighted by molar-refractivity contribution is 0.0996. The summed E-state index contributed by atoms with van der Waals surface area (Å²) in [6.45, 7) is 2.02. The van der Waals surface area contributed by atoms with E-state index in [1.807, 2.05) is 37.3 Å². The second-order valence-corrected chi connectivity index (χ2v) is 6.34. The van der Waals surface area contributed by atoms with E-state index in [4.69, 9.17) is 9.15 Å². The van der Waals surface area contributed by atoms with E-state index in [-0.39, 0.29) is 5.76 Å². The number of nitrogens with one attached hydrogen (secondary N) is 1. The van der Waals surface area contributed by atoms with Gasteiger partial charge in [-0.2, -0.15) is 0 Å². The van der Waals surface area contributed by atoms with Crippen LogP contribution in [-0.2, 0) is 0 Å². The predicted octanol–water partition coefficient (Wildman–Crippen LogP) is 4.37. The van der Waals surface area contributed by atoms with Crippen molar-refractivity contribution in [3.8, 4) is 28.4 Å². The molecule has 0 aliphatic heterocycles. The van der Waals surface area contributed by atoms with Gasteiger partial charge in [-0.3, -0.25) is 9.78 Å². The second-order valence-electron chi connectivity index (χ2n) is 6.34. The number of pyridine rings is 1. The molecule has 4 aromatic rings. The Bertz CT molecular complexity index is 1140. The molecule has 29 heavy (non-hydrogen) atoms. The number of hydrogen-bond acceptors (Lipinski definition) is 6. The fourth-order valence-electron chi connectivity index (χ4n) is 2.88. The Morgan fingerprint density at radius 1 is 1.00 bits per heavy atom. The standard InChI is InChI=1S/C22H18N4O3/c1-14-5-3-6-15(11-14)20-21(16-8-9-19(28-2)23-12-16)25-18(13-24-20)26-22(27)17-7-4-10-29-17/h3-13H,1-2H3,(H,25,26,27). The summed E-state index contributed by atoms with van der Waals surface area (Å²) < 4.78 is 10.3. The molecule has 144 valence electrons. The predicted molar refractivity (Wildman–Crippen MR) is 109 cm³/mol. The molecule has 0 fully saturated rings. The minimum Gasteiger partial charge on any atom is -0.481 e. The van der Waals surface area contributed by atoms with Crippen LogP contribution in [0.5, 0.6) is 5.88 Å². The Morgan fingerprint density at radius 2 is 1.90 bits per heavy atom. The van der Waals surface area contributed by atoms with Crippen molar-refractivity contribution in [3.63, 3.8) is 0 Å². The number of carbonyl (C=O) groups excluding carboxylic acids is 1. The molecule has 3 aromatic heterocycles. The van der Waals surface area contributed by atoms with Crippen molar-refractivity contribution in [3.05, 3.63) is 78.5 Å². The molecule has 1 N–H and O–H groups in total. The number of methoxy groups -OCH3 is 1. The summed E-state index contributed by atoms with van der Waals surface area (Å²) in [6, 6.07) is 14.8. The van der Waals surface area contributed by atoms with E-state index < -0.39 is 5.91 Å². The molecule has 7 heteroatoms. The summed E-state index contributed by atoms with van der Waals surface area (Å²) in [4.78, 5) is 25.8. The monoisotopic (exact) mass is 386 g/mol. The minimum atomic E-state index is -0.397. The lowest BCUT2D eigenvalue weighted by atomic mass is 10.0. The SMILES string of the molecule is COc1ccc(-c2nc(NC(=O)c3ccco3)cnc2-c2cccc(C)c2)cn1. The highest BCUT2D eigenvalue weighted by molar-refractivity contribution is 6.01. The highest BCUT2D eigenvalue weighted by Crippen LogP contribution is 2.30. The topological polar surface area (TPSA) is 90.1 Å². The molecule has 0 spiro atoms. The van der Waals surface area contributed by atoms with Crippen LogP contribution >= 0.6 is 0 Å². The van der Waals surface area contributed by atoms with E-state index in [1.165, 1.54) is 12.5 Å². The van der Waals surface area contributed by atoms with E-state index in [9.17, 15) is 4.79 Å². The van der Waals surface area contributed by atoms with Gasteiger partial charge in [0, 0.05) is 23.4 Å². The van der Waals surface area contributed by atoms with Gasteiger partial charge >= 0.3 is 0 Å². The van der Waals surface area contributed by atoms with Gasteiger partial charge in [-0.1, -0.05) is 23.8 Å². The van der Waals surface area contributed by atoms with Crippen LogP contribution in [0.3, 0.4) is 0 Å². The van der Waals surface area contributed by atoms with Crippen molar-refractivity contribution in [1.82, 2.24) is 15.0 Å². The fourth-order valence-corrected chi connectivity index (χ4v) is 2.88. The number of benzene rings is 1. The first-order valence-corrected chi connectivity index (χ1v) is 8.93. The Hall–Kier alpha value is -4.00. The van der Waals surface area contributed by atoms with Gasteiger partial charge < -0.3 is 14.5 Å². The van der Waals surface area contributed by atoms with Gasteiger partial charge in [-0.25, -0.2) is 9.97 Å². The van der Waals surface area contributed by atoms with Crippen LogP contribution in [0.1, 0.15) is 16.1 Å². The molecule has 3 heterocycles. The zero-order chi connectivity index (χ0) is 20.2. The minimum absolute atomic E-state index is 0.197. The summed E-state index contributed by atoms with van der Waals surface area (Å²) in [5, 5.41) is 2.72. The number of nitrogens with zero attached hydrogens (tertiary/aromatic N) is 3. The third kappa shape index (κ3) is 3.98. The average molecular weight is 386 g/mol. The zero-order valence-corrected chi connectivity index (χ0v) is 15.9. The maximum absolute atomic E-state index is 12.3. The number of rotatable bonds is 5. The van der Waals surface area contributed by atoms with Gasteiger partial charge in [0.05, 0.1) is 25.3 Å². The maximum Gasteiger partial charge on any atom is 0.292 e. The van der Waals surface area contributed by atoms with Crippen molar-refractivity contribution in [1.29, 1.82) is 0 Å². The number of hydrogen-bond donors (Lipinski definition) is 1. The molecule has 0 aliphatic carbocycles. The third-order valence-electron chi connectivity index (χ3n) is 4.27. The quantitative estimate of drug-likeness (QED) is 0.548. The van der Waals surface area contributed by atoms with Crippen molar-refractivity contribution >= 4 is 11.7 Å². The van der Waals surface area contributed by atoms with E-state index in [0.717, 1.165) is 16.7 Å². The van der Waals surface area contributed by atoms with E-state index in [1.54, 1.807) is 31.5 Å². The molecule has 0 unspecified atom stereocenters. The largest absolute Gasteiger partial charge is 0.481 e. The molecule has 1 aromatic carbocycles. The first kappa shape index (κ1) is 18.4. The lowest BCUT2D eigenvalue weighted by Gasteiger charge is -2.11. The van der Waals surface area contributed by atoms with Crippen molar-refractivity contribution in [2.24, 2.45) is 0 Å². The van der Waals surface area contributed by atoms with E-state index in [2.05, 4.69) is 20.3 Å². The summed E-state index contributed by atoms with van der Waals surface area (Å²) in [7, 11) is 1.56. The molecule has 0 saturated heterocycles. The number of anilines is 1. The molecule has 0 saturated carbocycles. The molecule has 0 bridgehead atoms. The van der Waals surface area contributed by atoms with Crippen molar-refractivity contribution in [2.45, 2.75) is 6.92 Å². The Morgan fingerprint density at radius 3 is 2.59 bits per heavy atom. The van der Waals surface area contributed by atoms with E-state index >= 15 is 0 Å². The molecule has 4 rings (SSSR count). The van der Waals surface area contributed by atoms with Gasteiger partial charge in [-0.15, -0.1) is 0 Å². The normalized spacial score (nSPS) is 10.6. The van der Waals surface area contributed by atoms with E-state index in [0.29, 0.717) is 23.1 Å². The lowest BCUT2D eigenvalue weighted by Crippen LogP contribution is -2.13. The highest BCUT2D eigenvalue weighted by atomic mass is 16.5. The number of furan rings is 1. The third-order valence-corrected chi connectivity index (χ3v) is 4.27. The first-order chi connectivity index (χ1) is 14.1. The van der Waals surface area contributed by atoms with Gasteiger partial charge in [0.2, 0.25) is 5.88 Å². The van der Waals surface area contributed by atoms with Gasteiger partial charge in [0.1, 0.15) is 5.69 Å². The van der Waals surface area contributed by atoms with Gasteiger partial charge in [0.25, 0.3) is 5.91 Å². The van der Waals surface area contributed by atoms with Crippen LogP contribution in [0.4, 0.5) is 5.82 Å². The highest BCUT2D eigenvalue weighted by Gasteiger charge is 2.16. The van der Waals surface area contributed by atoms with Crippen LogP contribution < -0.4 is 10.1 Å². The Labute approximate surface area is 167 Å². The number of carbonyl (C=O) groups is 1. The molecule has 1 amide bonds. The van der Waals surface area contributed by atoms with Crippen molar-refractivity contribution in [2.75, 3.05) is 12.4 Å². The van der Waals surface area contributed by atoms with Crippen molar-refractivity contribution < 1.29 is 13.9 Å². The Kier molecular flexibility index (Phi) is 5.03.